The van der Waals surface area contributed by atoms with Crippen molar-refractivity contribution in [3.63, 3.8) is 0 Å². The van der Waals surface area contributed by atoms with Crippen molar-refractivity contribution in [1.29, 1.82) is 0 Å². The van der Waals surface area contributed by atoms with Gasteiger partial charge in [-0.3, -0.25) is 10.1 Å². The van der Waals surface area contributed by atoms with E-state index in [0.717, 1.165) is 0 Å². The van der Waals surface area contributed by atoms with E-state index in [2.05, 4.69) is 4.98 Å². The summed E-state index contributed by atoms with van der Waals surface area (Å²) in [6, 6.07) is 0.443. The molecule has 0 aliphatic carbocycles. The Morgan fingerprint density at radius 3 is 2.54 bits per heavy atom. The van der Waals surface area contributed by atoms with Crippen molar-refractivity contribution in [3.05, 3.63) is 34.1 Å². The van der Waals surface area contributed by atoms with Crippen molar-refractivity contribution < 1.29 is 18.1 Å². The van der Waals surface area contributed by atoms with Crippen LogP contribution in [0.3, 0.4) is 0 Å². The molecule has 7 heteroatoms. The summed E-state index contributed by atoms with van der Waals surface area (Å²) in [6.07, 6.45) is -2.34. The van der Waals surface area contributed by atoms with Gasteiger partial charge in [0.2, 0.25) is 0 Å². The maximum Gasteiger partial charge on any atom is 0.423 e. The van der Waals surface area contributed by atoms with Crippen LogP contribution in [0.5, 0.6) is 0 Å². The van der Waals surface area contributed by atoms with Crippen LogP contribution in [0.4, 0.5) is 18.9 Å². The first kappa shape index (κ1) is 9.43. The van der Waals surface area contributed by atoms with Crippen molar-refractivity contribution in [2.24, 2.45) is 0 Å². The van der Waals surface area contributed by atoms with Crippen LogP contribution >= 0.6 is 0 Å². The van der Waals surface area contributed by atoms with Gasteiger partial charge in [-0.1, -0.05) is 0 Å². The smallest absolute Gasteiger partial charge is 0.258 e. The van der Waals surface area contributed by atoms with E-state index in [1.54, 1.807) is 0 Å². The van der Waals surface area contributed by atoms with Gasteiger partial charge in [0.1, 0.15) is 11.8 Å². The van der Waals surface area contributed by atoms with E-state index in [-0.39, 0.29) is 0 Å². The first-order chi connectivity index (χ1) is 5.93. The Kier molecular flexibility index (Phi) is 2.18. The van der Waals surface area contributed by atoms with Crippen molar-refractivity contribution in [2.75, 3.05) is 0 Å². The highest BCUT2D eigenvalue weighted by molar-refractivity contribution is 5.38. The molecule has 1 radical (unpaired) electrons. The summed E-state index contributed by atoms with van der Waals surface area (Å²) in [5.41, 5.74) is -2.40. The first-order valence-corrected chi connectivity index (χ1v) is 3.00. The van der Waals surface area contributed by atoms with Gasteiger partial charge in [-0.2, -0.15) is 13.2 Å². The Morgan fingerprint density at radius 1 is 1.54 bits per heavy atom. The Balaban J connectivity index is 3.28. The molecule has 0 atom stereocenters. The van der Waals surface area contributed by atoms with E-state index in [1.165, 1.54) is 0 Å². The lowest BCUT2D eigenvalue weighted by molar-refractivity contribution is -0.388. The number of nitro groups is 1. The number of hydrogen-bond acceptors (Lipinski definition) is 3. The second-order valence-electron chi connectivity index (χ2n) is 2.09. The lowest BCUT2D eigenvalue weighted by Crippen LogP contribution is -2.08. The van der Waals surface area contributed by atoms with Gasteiger partial charge in [-0.25, -0.2) is 4.98 Å². The molecular formula is C6H2F3N2O2. The van der Waals surface area contributed by atoms with E-state index in [1.807, 2.05) is 6.20 Å². The van der Waals surface area contributed by atoms with Crippen LogP contribution in [0.25, 0.3) is 0 Å². The molecule has 0 aliphatic heterocycles. The highest BCUT2D eigenvalue weighted by Gasteiger charge is 2.38. The topological polar surface area (TPSA) is 56.0 Å². The molecule has 4 nitrogen and oxygen atoms in total. The second-order valence-corrected chi connectivity index (χ2v) is 2.09. The van der Waals surface area contributed by atoms with Gasteiger partial charge >= 0.3 is 6.18 Å². The Hall–Kier alpha value is -1.66. The van der Waals surface area contributed by atoms with Crippen LogP contribution in [-0.4, -0.2) is 9.91 Å². The molecule has 1 heterocycles. The lowest BCUT2D eigenvalue weighted by atomic mass is 10.2. The molecule has 0 saturated carbocycles. The molecule has 1 rings (SSSR count). The summed E-state index contributed by atoms with van der Waals surface area (Å²) >= 11 is 0. The largest absolute Gasteiger partial charge is 0.423 e. The van der Waals surface area contributed by atoms with Crippen LogP contribution in [0.1, 0.15) is 5.56 Å². The van der Waals surface area contributed by atoms with Gasteiger partial charge in [0.25, 0.3) is 5.69 Å². The molecule has 0 aliphatic rings. The monoisotopic (exact) mass is 191 g/mol. The third-order valence-electron chi connectivity index (χ3n) is 1.25. The highest BCUT2D eigenvalue weighted by Crippen LogP contribution is 2.34. The molecule has 69 valence electrons. The lowest BCUT2D eigenvalue weighted by Gasteiger charge is -2.04. The summed E-state index contributed by atoms with van der Waals surface area (Å²) in [6.45, 7) is 0. The summed E-state index contributed by atoms with van der Waals surface area (Å²) in [5.74, 6) is 0. The molecule has 13 heavy (non-hydrogen) atoms. The van der Waals surface area contributed by atoms with Crippen LogP contribution < -0.4 is 0 Å². The van der Waals surface area contributed by atoms with Crippen molar-refractivity contribution in [3.8, 4) is 0 Å². The molecule has 0 saturated heterocycles. The first-order valence-electron chi connectivity index (χ1n) is 3.00. The molecule has 1 aromatic rings. The molecule has 0 N–H and O–H groups in total. The minimum atomic E-state index is -4.75. The standard InChI is InChI=1S/C6H2F3N2O2/c7-6(8,9)4-1-2-10-3-5(4)11(12)13/h1,3H. The molecule has 0 spiro atoms. The summed E-state index contributed by atoms with van der Waals surface area (Å²) in [4.78, 5) is 12.1. The number of hydrogen-bond donors (Lipinski definition) is 0. The zero-order valence-electron chi connectivity index (χ0n) is 6.00. The van der Waals surface area contributed by atoms with Crippen LogP contribution in [0.15, 0.2) is 12.3 Å². The van der Waals surface area contributed by atoms with Crippen LogP contribution in [0, 0.1) is 16.3 Å². The summed E-state index contributed by atoms with van der Waals surface area (Å²) in [5, 5.41) is 10.1. The zero-order valence-corrected chi connectivity index (χ0v) is 6.00. The van der Waals surface area contributed by atoms with E-state index < -0.39 is 22.4 Å². The number of aromatic nitrogens is 1. The second kappa shape index (κ2) is 3.00. The Labute approximate surface area is 70.2 Å². The molecule has 1 aromatic heterocycles. The fraction of sp³-hybridized carbons (Fsp3) is 0.167. The zero-order chi connectivity index (χ0) is 10.1. The quantitative estimate of drug-likeness (QED) is 0.502. The average Bonchev–Trinajstić information content (AvgIpc) is 2.03. The predicted molar refractivity (Wildman–Crippen MR) is 34.7 cm³/mol. The van der Waals surface area contributed by atoms with Crippen LogP contribution in [0.2, 0.25) is 0 Å². The highest BCUT2D eigenvalue weighted by atomic mass is 19.4. The fourth-order valence-electron chi connectivity index (χ4n) is 0.716. The molecule has 0 unspecified atom stereocenters. The van der Waals surface area contributed by atoms with E-state index in [4.69, 9.17) is 0 Å². The van der Waals surface area contributed by atoms with Gasteiger partial charge in [0.15, 0.2) is 0 Å². The van der Waals surface area contributed by atoms with Gasteiger partial charge in [0.05, 0.1) is 11.1 Å². The minimum Gasteiger partial charge on any atom is -0.258 e. The van der Waals surface area contributed by atoms with E-state index in [0.29, 0.717) is 12.3 Å². The van der Waals surface area contributed by atoms with Crippen LogP contribution in [-0.2, 0) is 6.18 Å². The molecule has 0 amide bonds. The molecule has 0 bridgehead atoms. The SMILES string of the molecule is O=[N+]([O-])c1cn[c]cc1C(F)(F)F. The molecule has 0 fully saturated rings. The third-order valence-corrected chi connectivity index (χ3v) is 1.25. The average molecular weight is 191 g/mol. The van der Waals surface area contributed by atoms with Gasteiger partial charge in [0, 0.05) is 0 Å². The van der Waals surface area contributed by atoms with Gasteiger partial charge in [-0.15, -0.1) is 0 Å². The number of alkyl halides is 3. The Bertz CT molecular complexity index is 337. The van der Waals surface area contributed by atoms with Gasteiger partial charge in [-0.05, 0) is 6.07 Å². The number of halogens is 3. The summed E-state index contributed by atoms with van der Waals surface area (Å²) < 4.78 is 36.2. The third kappa shape index (κ3) is 1.92. The number of rotatable bonds is 1. The number of nitrogens with zero attached hydrogens (tertiary/aromatic N) is 2. The Morgan fingerprint density at radius 2 is 2.15 bits per heavy atom. The number of pyridine rings is 1. The van der Waals surface area contributed by atoms with Crippen molar-refractivity contribution in [1.82, 2.24) is 4.98 Å². The minimum absolute atomic E-state index is 0.443. The van der Waals surface area contributed by atoms with Gasteiger partial charge < -0.3 is 0 Å². The summed E-state index contributed by atoms with van der Waals surface area (Å²) in [7, 11) is 0. The fourth-order valence-corrected chi connectivity index (χ4v) is 0.716. The predicted octanol–water partition coefficient (Wildman–Crippen LogP) is 1.81. The van der Waals surface area contributed by atoms with E-state index in [9.17, 15) is 23.3 Å². The maximum atomic E-state index is 12.1. The van der Waals surface area contributed by atoms with Crippen molar-refractivity contribution >= 4 is 5.69 Å². The normalized spacial score (nSPS) is 11.3. The van der Waals surface area contributed by atoms with Crippen molar-refractivity contribution in [2.45, 2.75) is 6.18 Å². The molecule has 0 aromatic carbocycles. The maximum absolute atomic E-state index is 12.1. The molecular weight excluding hydrogens is 189 g/mol. The van der Waals surface area contributed by atoms with E-state index >= 15 is 0 Å².